The zero-order valence-electron chi connectivity index (χ0n) is 17.2. The molecule has 1 saturated heterocycles. The van der Waals surface area contributed by atoms with Crippen molar-refractivity contribution in [1.29, 1.82) is 0 Å². The predicted octanol–water partition coefficient (Wildman–Crippen LogP) is 3.66. The van der Waals surface area contributed by atoms with Gasteiger partial charge in [-0.1, -0.05) is 24.3 Å². The van der Waals surface area contributed by atoms with Crippen molar-refractivity contribution in [1.82, 2.24) is 15.1 Å². The molecule has 1 aliphatic rings. The van der Waals surface area contributed by atoms with Crippen LogP contribution >= 0.6 is 0 Å². The van der Waals surface area contributed by atoms with Crippen LogP contribution in [0.5, 0.6) is 0 Å². The summed E-state index contributed by atoms with van der Waals surface area (Å²) < 4.78 is 13.1. The van der Waals surface area contributed by atoms with E-state index in [1.165, 1.54) is 18.6 Å². The van der Waals surface area contributed by atoms with Crippen molar-refractivity contribution in [2.45, 2.75) is 32.4 Å². The van der Waals surface area contributed by atoms with E-state index < -0.39 is 0 Å². The lowest BCUT2D eigenvalue weighted by Gasteiger charge is -2.26. The van der Waals surface area contributed by atoms with E-state index in [0.717, 1.165) is 48.6 Å². The maximum absolute atomic E-state index is 13.1. The molecule has 0 unspecified atom stereocenters. The lowest BCUT2D eigenvalue weighted by Crippen LogP contribution is -2.38. The monoisotopic (exact) mass is 396 g/mol. The summed E-state index contributed by atoms with van der Waals surface area (Å²) >= 11 is 0. The molecule has 1 aliphatic heterocycles. The third-order valence-electron chi connectivity index (χ3n) is 5.20. The zero-order valence-corrected chi connectivity index (χ0v) is 17.2. The Labute approximate surface area is 172 Å². The minimum Gasteiger partial charge on any atom is -0.352 e. The quantitative estimate of drug-likeness (QED) is 0.620. The van der Waals surface area contributed by atoms with E-state index in [-0.39, 0.29) is 11.7 Å². The van der Waals surface area contributed by atoms with Crippen molar-refractivity contribution in [2.75, 3.05) is 27.2 Å². The van der Waals surface area contributed by atoms with Crippen LogP contribution in [0.15, 0.2) is 53.5 Å². The van der Waals surface area contributed by atoms with Gasteiger partial charge < -0.3 is 15.1 Å². The number of amides is 1. The van der Waals surface area contributed by atoms with Crippen LogP contribution in [0.4, 0.5) is 4.39 Å². The molecule has 0 spiro atoms. The van der Waals surface area contributed by atoms with Gasteiger partial charge in [0.15, 0.2) is 5.96 Å². The minimum absolute atomic E-state index is 0.124. The molecule has 1 amide bonds. The largest absolute Gasteiger partial charge is 0.352 e. The van der Waals surface area contributed by atoms with Gasteiger partial charge in [-0.05, 0) is 54.7 Å². The van der Waals surface area contributed by atoms with Crippen LogP contribution in [0.1, 0.15) is 40.7 Å². The van der Waals surface area contributed by atoms with E-state index in [0.29, 0.717) is 13.1 Å². The molecule has 2 aromatic carbocycles. The van der Waals surface area contributed by atoms with E-state index in [9.17, 15) is 9.18 Å². The maximum atomic E-state index is 13.1. The van der Waals surface area contributed by atoms with Gasteiger partial charge in [0.05, 0.1) is 0 Å². The molecule has 0 saturated carbocycles. The summed E-state index contributed by atoms with van der Waals surface area (Å²) in [6, 6.07) is 14.2. The number of carbonyl (C=O) groups is 1. The number of likely N-dealkylation sites (tertiary alicyclic amines) is 1. The number of hydrogen-bond acceptors (Lipinski definition) is 2. The van der Waals surface area contributed by atoms with Gasteiger partial charge in [0.1, 0.15) is 5.82 Å². The van der Waals surface area contributed by atoms with Crippen LogP contribution < -0.4 is 5.32 Å². The van der Waals surface area contributed by atoms with Gasteiger partial charge in [0, 0.05) is 45.8 Å². The number of guanidine groups is 1. The highest BCUT2D eigenvalue weighted by Crippen LogP contribution is 2.14. The van der Waals surface area contributed by atoms with Crippen molar-refractivity contribution in [2.24, 2.45) is 4.99 Å². The number of nitrogens with zero attached hydrogens (tertiary/aromatic N) is 3. The summed E-state index contributed by atoms with van der Waals surface area (Å²) in [5, 5.41) is 3.34. The van der Waals surface area contributed by atoms with E-state index in [1.807, 2.05) is 41.1 Å². The standard InChI is InChI=1S/C23H29FN4O/c1-25-23(27(2)17-19-8-12-21(24)13-9-19)26-16-18-6-10-20(11-7-18)22(29)28-14-4-3-5-15-28/h6-13H,3-5,14-17H2,1-2H3,(H,25,26). The van der Waals surface area contributed by atoms with Crippen molar-refractivity contribution >= 4 is 11.9 Å². The Morgan fingerprint density at radius 2 is 1.66 bits per heavy atom. The number of aliphatic imine (C=N–C) groups is 1. The zero-order chi connectivity index (χ0) is 20.6. The van der Waals surface area contributed by atoms with Crippen molar-refractivity contribution < 1.29 is 9.18 Å². The van der Waals surface area contributed by atoms with E-state index in [1.54, 1.807) is 19.2 Å². The first-order valence-electron chi connectivity index (χ1n) is 10.1. The number of rotatable bonds is 5. The van der Waals surface area contributed by atoms with E-state index in [4.69, 9.17) is 0 Å². The molecule has 3 rings (SSSR count). The van der Waals surface area contributed by atoms with Crippen LogP contribution in [0.25, 0.3) is 0 Å². The molecule has 0 radical (unpaired) electrons. The highest BCUT2D eigenvalue weighted by Gasteiger charge is 2.17. The topological polar surface area (TPSA) is 47.9 Å². The molecule has 1 heterocycles. The van der Waals surface area contributed by atoms with Gasteiger partial charge in [0.25, 0.3) is 5.91 Å². The molecular formula is C23H29FN4O. The van der Waals surface area contributed by atoms with Gasteiger partial charge >= 0.3 is 0 Å². The summed E-state index contributed by atoms with van der Waals surface area (Å²) in [4.78, 5) is 20.8. The molecule has 0 aliphatic carbocycles. The second-order valence-electron chi connectivity index (χ2n) is 7.43. The van der Waals surface area contributed by atoms with Crippen LogP contribution in [0, 0.1) is 5.82 Å². The summed E-state index contributed by atoms with van der Waals surface area (Å²) in [5.74, 6) is 0.642. The Hall–Kier alpha value is -2.89. The van der Waals surface area contributed by atoms with Crippen LogP contribution in [0.2, 0.25) is 0 Å². The Kier molecular flexibility index (Phi) is 7.22. The lowest BCUT2D eigenvalue weighted by atomic mass is 10.1. The number of halogens is 1. The third-order valence-corrected chi connectivity index (χ3v) is 5.20. The molecule has 1 fully saturated rings. The Morgan fingerprint density at radius 1 is 1.03 bits per heavy atom. The summed E-state index contributed by atoms with van der Waals surface area (Å²) in [7, 11) is 3.68. The lowest BCUT2D eigenvalue weighted by molar-refractivity contribution is 0.0724. The fourth-order valence-corrected chi connectivity index (χ4v) is 3.55. The fraction of sp³-hybridized carbons (Fsp3) is 0.391. The second-order valence-corrected chi connectivity index (χ2v) is 7.43. The molecule has 0 atom stereocenters. The number of hydrogen-bond donors (Lipinski definition) is 1. The van der Waals surface area contributed by atoms with E-state index >= 15 is 0 Å². The van der Waals surface area contributed by atoms with Crippen molar-refractivity contribution in [3.8, 4) is 0 Å². The number of nitrogens with one attached hydrogen (secondary N) is 1. The smallest absolute Gasteiger partial charge is 0.253 e. The SMILES string of the molecule is CN=C(NCc1ccc(C(=O)N2CCCCC2)cc1)N(C)Cc1ccc(F)cc1. The highest BCUT2D eigenvalue weighted by atomic mass is 19.1. The van der Waals surface area contributed by atoms with Crippen molar-refractivity contribution in [3.05, 3.63) is 71.0 Å². The average molecular weight is 397 g/mol. The van der Waals surface area contributed by atoms with Gasteiger partial charge in [-0.25, -0.2) is 4.39 Å². The maximum Gasteiger partial charge on any atom is 0.253 e. The van der Waals surface area contributed by atoms with Gasteiger partial charge in [-0.3, -0.25) is 9.79 Å². The number of benzene rings is 2. The van der Waals surface area contributed by atoms with Crippen molar-refractivity contribution in [3.63, 3.8) is 0 Å². The summed E-state index contributed by atoms with van der Waals surface area (Å²) in [6.07, 6.45) is 3.40. The molecular weight excluding hydrogens is 367 g/mol. The molecule has 154 valence electrons. The van der Waals surface area contributed by atoms with Gasteiger partial charge in [-0.15, -0.1) is 0 Å². The Balaban J connectivity index is 1.53. The normalized spacial score (nSPS) is 14.6. The molecule has 6 heteroatoms. The molecule has 1 N–H and O–H groups in total. The number of piperidine rings is 1. The fourth-order valence-electron chi connectivity index (χ4n) is 3.55. The second kappa shape index (κ2) is 10.0. The minimum atomic E-state index is -0.235. The summed E-state index contributed by atoms with van der Waals surface area (Å²) in [5.41, 5.74) is 2.84. The van der Waals surface area contributed by atoms with Crippen LogP contribution in [-0.2, 0) is 13.1 Å². The van der Waals surface area contributed by atoms with Gasteiger partial charge in [-0.2, -0.15) is 0 Å². The Morgan fingerprint density at radius 3 is 2.28 bits per heavy atom. The molecule has 0 aromatic heterocycles. The highest BCUT2D eigenvalue weighted by molar-refractivity contribution is 5.94. The molecule has 2 aromatic rings. The molecule has 29 heavy (non-hydrogen) atoms. The van der Waals surface area contributed by atoms with E-state index in [2.05, 4.69) is 10.3 Å². The third kappa shape index (κ3) is 5.79. The van der Waals surface area contributed by atoms with Crippen LogP contribution in [0.3, 0.4) is 0 Å². The Bertz CT molecular complexity index is 827. The molecule has 5 nitrogen and oxygen atoms in total. The average Bonchev–Trinajstić information content (AvgIpc) is 2.76. The first-order valence-corrected chi connectivity index (χ1v) is 10.1. The summed E-state index contributed by atoms with van der Waals surface area (Å²) in [6.45, 7) is 2.96. The van der Waals surface area contributed by atoms with Crippen LogP contribution in [-0.4, -0.2) is 48.9 Å². The first kappa shape index (κ1) is 20.8. The first-order chi connectivity index (χ1) is 14.1. The number of carbonyl (C=O) groups excluding carboxylic acids is 1. The van der Waals surface area contributed by atoms with Gasteiger partial charge in [0.2, 0.25) is 0 Å². The molecule has 0 bridgehead atoms. The predicted molar refractivity (Wildman–Crippen MR) is 114 cm³/mol.